The maximum Gasteiger partial charge on any atom is 0.228 e. The van der Waals surface area contributed by atoms with Crippen molar-refractivity contribution in [1.29, 1.82) is 0 Å². The van der Waals surface area contributed by atoms with Crippen molar-refractivity contribution < 1.29 is 9.59 Å². The van der Waals surface area contributed by atoms with Crippen molar-refractivity contribution >= 4 is 17.9 Å². The van der Waals surface area contributed by atoms with Crippen molar-refractivity contribution in [2.24, 2.45) is 7.05 Å². The molecule has 1 aliphatic rings. The first-order valence-corrected chi connectivity index (χ1v) is 5.59. The Hall–Kier alpha value is -2.43. The first kappa shape index (κ1) is 10.7. The summed E-state index contributed by atoms with van der Waals surface area (Å²) in [4.78, 5) is 22.3. The lowest BCUT2D eigenvalue weighted by molar-refractivity contribution is -0.115. The quantitative estimate of drug-likeness (QED) is 0.808. The van der Waals surface area contributed by atoms with Gasteiger partial charge in [-0.05, 0) is 17.7 Å². The number of carbonyl (C=O) groups excluding carboxylic acids is 2. The minimum atomic E-state index is 0.00256. The van der Waals surface area contributed by atoms with E-state index in [4.69, 9.17) is 0 Å². The van der Waals surface area contributed by atoms with Crippen molar-refractivity contribution in [3.05, 3.63) is 35.5 Å². The van der Waals surface area contributed by atoms with Gasteiger partial charge >= 0.3 is 0 Å². The second-order valence-corrected chi connectivity index (χ2v) is 4.29. The third kappa shape index (κ3) is 1.52. The van der Waals surface area contributed by atoms with Gasteiger partial charge < -0.3 is 5.32 Å². The highest BCUT2D eigenvalue weighted by Crippen LogP contribution is 2.29. The second-order valence-electron chi connectivity index (χ2n) is 4.29. The van der Waals surface area contributed by atoms with E-state index in [0.717, 1.165) is 28.8 Å². The third-order valence-corrected chi connectivity index (χ3v) is 3.10. The molecule has 0 radical (unpaired) electrons. The van der Waals surface area contributed by atoms with Crippen LogP contribution in [-0.2, 0) is 18.3 Å². The van der Waals surface area contributed by atoms with E-state index in [1.54, 1.807) is 17.9 Å². The lowest BCUT2D eigenvalue weighted by Crippen LogP contribution is -2.03. The minimum Gasteiger partial charge on any atom is -0.326 e. The van der Waals surface area contributed by atoms with Crippen LogP contribution in [0.25, 0.3) is 11.3 Å². The Kier molecular flexibility index (Phi) is 2.26. The van der Waals surface area contributed by atoms with Gasteiger partial charge in [0.2, 0.25) is 5.91 Å². The Bertz CT molecular complexity index is 658. The van der Waals surface area contributed by atoms with Gasteiger partial charge in [0.05, 0.1) is 23.9 Å². The van der Waals surface area contributed by atoms with Crippen LogP contribution in [0.2, 0.25) is 0 Å². The molecule has 0 fully saturated rings. The molecule has 1 N–H and O–H groups in total. The number of aromatic nitrogens is 2. The summed E-state index contributed by atoms with van der Waals surface area (Å²) >= 11 is 0. The van der Waals surface area contributed by atoms with Crippen LogP contribution >= 0.6 is 0 Å². The van der Waals surface area contributed by atoms with Crippen LogP contribution in [0.3, 0.4) is 0 Å². The van der Waals surface area contributed by atoms with Gasteiger partial charge in [-0.15, -0.1) is 0 Å². The summed E-state index contributed by atoms with van der Waals surface area (Å²) in [5, 5.41) is 6.86. The van der Waals surface area contributed by atoms with E-state index in [1.165, 1.54) is 0 Å². The second kappa shape index (κ2) is 3.80. The molecule has 0 saturated carbocycles. The molecule has 0 aliphatic carbocycles. The van der Waals surface area contributed by atoms with Gasteiger partial charge in [0.1, 0.15) is 0 Å². The number of aldehydes is 1. The largest absolute Gasteiger partial charge is 0.326 e. The van der Waals surface area contributed by atoms with Crippen LogP contribution in [0.4, 0.5) is 5.69 Å². The summed E-state index contributed by atoms with van der Waals surface area (Å²) in [6, 6.07) is 5.67. The zero-order valence-corrected chi connectivity index (χ0v) is 9.80. The van der Waals surface area contributed by atoms with E-state index in [-0.39, 0.29) is 5.91 Å². The van der Waals surface area contributed by atoms with Crippen molar-refractivity contribution in [1.82, 2.24) is 9.78 Å². The Labute approximate surface area is 103 Å². The number of hydrogen-bond acceptors (Lipinski definition) is 3. The molecule has 1 amide bonds. The molecule has 2 aromatic rings. The summed E-state index contributed by atoms with van der Waals surface area (Å²) in [6.07, 6.45) is 2.72. The number of hydrogen-bond donors (Lipinski definition) is 1. The fourth-order valence-corrected chi connectivity index (χ4v) is 2.27. The fraction of sp³-hybridized carbons (Fsp3) is 0.154. The van der Waals surface area contributed by atoms with Crippen molar-refractivity contribution in [2.45, 2.75) is 6.42 Å². The normalized spacial score (nSPS) is 13.3. The third-order valence-electron chi connectivity index (χ3n) is 3.10. The molecule has 0 saturated heterocycles. The molecule has 0 atom stereocenters. The molecule has 1 aliphatic heterocycles. The maximum atomic E-state index is 11.3. The standard InChI is InChI=1S/C13H11N3O2/c1-16-13(10(7-17)6-14-16)8-2-3-11-9(4-8)5-12(18)15-11/h2-4,6-7H,5H2,1H3,(H,15,18). The summed E-state index contributed by atoms with van der Waals surface area (Å²) in [5.74, 6) is 0.00256. The van der Waals surface area contributed by atoms with Crippen molar-refractivity contribution in [2.75, 3.05) is 5.32 Å². The van der Waals surface area contributed by atoms with Gasteiger partial charge in [0, 0.05) is 18.3 Å². The number of benzene rings is 1. The summed E-state index contributed by atoms with van der Waals surface area (Å²) in [5.41, 5.74) is 4.02. The molecule has 0 unspecified atom stereocenters. The van der Waals surface area contributed by atoms with Crippen LogP contribution in [0.15, 0.2) is 24.4 Å². The first-order valence-electron chi connectivity index (χ1n) is 5.59. The zero-order chi connectivity index (χ0) is 12.7. The summed E-state index contributed by atoms with van der Waals surface area (Å²) in [7, 11) is 1.79. The van der Waals surface area contributed by atoms with Crippen LogP contribution in [0, 0.1) is 0 Å². The maximum absolute atomic E-state index is 11.3. The summed E-state index contributed by atoms with van der Waals surface area (Å²) < 4.78 is 1.66. The molecule has 0 spiro atoms. The number of rotatable bonds is 2. The Morgan fingerprint density at radius 1 is 1.44 bits per heavy atom. The molecule has 2 heterocycles. The van der Waals surface area contributed by atoms with Gasteiger partial charge in [-0.3, -0.25) is 14.3 Å². The van der Waals surface area contributed by atoms with Crippen molar-refractivity contribution in [3.63, 3.8) is 0 Å². The topological polar surface area (TPSA) is 64.0 Å². The molecule has 1 aromatic carbocycles. The Morgan fingerprint density at radius 2 is 2.28 bits per heavy atom. The average Bonchev–Trinajstić information content (AvgIpc) is 2.89. The number of nitrogens with zero attached hydrogens (tertiary/aromatic N) is 2. The van der Waals surface area contributed by atoms with Gasteiger partial charge in [0.25, 0.3) is 0 Å². The molecule has 5 heteroatoms. The summed E-state index contributed by atoms with van der Waals surface area (Å²) in [6.45, 7) is 0. The predicted molar refractivity (Wildman–Crippen MR) is 66.4 cm³/mol. The highest BCUT2D eigenvalue weighted by atomic mass is 16.1. The predicted octanol–water partition coefficient (Wildman–Crippen LogP) is 1.39. The number of fused-ring (bicyclic) bond motifs is 1. The highest BCUT2D eigenvalue weighted by molar-refractivity contribution is 6.00. The van der Waals surface area contributed by atoms with Crippen molar-refractivity contribution in [3.8, 4) is 11.3 Å². The van der Waals surface area contributed by atoms with E-state index >= 15 is 0 Å². The van der Waals surface area contributed by atoms with Gasteiger partial charge in [-0.1, -0.05) is 6.07 Å². The molecule has 90 valence electrons. The van der Waals surface area contributed by atoms with Crippen LogP contribution in [0.5, 0.6) is 0 Å². The lowest BCUT2D eigenvalue weighted by atomic mass is 10.0. The van der Waals surface area contributed by atoms with Gasteiger partial charge in [0.15, 0.2) is 6.29 Å². The molecule has 18 heavy (non-hydrogen) atoms. The van der Waals surface area contributed by atoms with Gasteiger partial charge in [-0.25, -0.2) is 0 Å². The minimum absolute atomic E-state index is 0.00256. The molecule has 0 bridgehead atoms. The first-order chi connectivity index (χ1) is 8.69. The molecular weight excluding hydrogens is 230 g/mol. The highest BCUT2D eigenvalue weighted by Gasteiger charge is 2.19. The van der Waals surface area contributed by atoms with Crippen LogP contribution in [0.1, 0.15) is 15.9 Å². The SMILES string of the molecule is Cn1ncc(C=O)c1-c1ccc2c(c1)CC(=O)N2. The fourth-order valence-electron chi connectivity index (χ4n) is 2.27. The van der Waals surface area contributed by atoms with E-state index in [9.17, 15) is 9.59 Å². The van der Waals surface area contributed by atoms with Gasteiger partial charge in [-0.2, -0.15) is 5.10 Å². The molecule has 3 rings (SSSR count). The monoisotopic (exact) mass is 241 g/mol. The lowest BCUT2D eigenvalue weighted by Gasteiger charge is -2.06. The number of carbonyl (C=O) groups is 2. The zero-order valence-electron chi connectivity index (χ0n) is 9.80. The number of nitrogens with one attached hydrogen (secondary N) is 1. The molecular formula is C13H11N3O2. The van der Waals surface area contributed by atoms with E-state index in [2.05, 4.69) is 10.4 Å². The number of anilines is 1. The van der Waals surface area contributed by atoms with E-state index in [1.807, 2.05) is 18.2 Å². The molecule has 5 nitrogen and oxygen atoms in total. The smallest absolute Gasteiger partial charge is 0.228 e. The van der Waals surface area contributed by atoms with Crippen LogP contribution < -0.4 is 5.32 Å². The van der Waals surface area contributed by atoms with E-state index in [0.29, 0.717) is 12.0 Å². The molecule has 1 aromatic heterocycles. The average molecular weight is 241 g/mol. The Morgan fingerprint density at radius 3 is 3.06 bits per heavy atom. The number of amides is 1. The van der Waals surface area contributed by atoms with Crippen LogP contribution in [-0.4, -0.2) is 22.0 Å². The van der Waals surface area contributed by atoms with E-state index < -0.39 is 0 Å². The Balaban J connectivity index is 2.13. The number of aryl methyl sites for hydroxylation is 1.